The molecule has 0 nitrogen and oxygen atoms in total. The molecule has 3 heteroatoms. The van der Waals surface area contributed by atoms with E-state index in [-0.39, 0.29) is 6.67 Å². The summed E-state index contributed by atoms with van der Waals surface area (Å²) >= 11 is 3.49. The van der Waals surface area contributed by atoms with Crippen molar-refractivity contribution in [2.75, 3.05) is 12.0 Å². The van der Waals surface area contributed by atoms with E-state index in [4.69, 9.17) is 0 Å². The third-order valence-corrected chi connectivity index (χ3v) is 7.54. The molecule has 0 radical (unpaired) electrons. The van der Waals surface area contributed by atoms with E-state index in [0.29, 0.717) is 0 Å². The standard InChI is InChI=1S/C11H22BrFSi/c12-6-1-3-11-4-9-14(10-5-11)8-2-7-13/h11,14H,1-10H2/t11-,14-. The van der Waals surface area contributed by atoms with Crippen LogP contribution in [0, 0.1) is 5.92 Å². The Bertz CT molecular complexity index is 119. The second kappa shape index (κ2) is 7.86. The topological polar surface area (TPSA) is 0 Å². The van der Waals surface area contributed by atoms with E-state index in [9.17, 15) is 4.39 Å². The van der Waals surface area contributed by atoms with Gasteiger partial charge in [-0.2, -0.15) is 0 Å². The summed E-state index contributed by atoms with van der Waals surface area (Å²) in [5.41, 5.74) is 0. The molecule has 0 saturated carbocycles. The summed E-state index contributed by atoms with van der Waals surface area (Å²) in [6.07, 6.45) is 6.51. The summed E-state index contributed by atoms with van der Waals surface area (Å²) < 4.78 is 12.0. The molecule has 84 valence electrons. The zero-order valence-corrected chi connectivity index (χ0v) is 11.7. The van der Waals surface area contributed by atoms with Crippen LogP contribution in [0.2, 0.25) is 18.1 Å². The summed E-state index contributed by atoms with van der Waals surface area (Å²) in [5, 5.41) is 1.16. The first-order valence-electron chi connectivity index (χ1n) is 5.98. The minimum absolute atomic E-state index is 0.0868. The fraction of sp³-hybridized carbons (Fsp3) is 1.00. The van der Waals surface area contributed by atoms with Crippen LogP contribution < -0.4 is 0 Å². The number of hydrogen-bond acceptors (Lipinski definition) is 0. The van der Waals surface area contributed by atoms with Crippen LogP contribution in [0.5, 0.6) is 0 Å². The Morgan fingerprint density at radius 2 is 1.93 bits per heavy atom. The van der Waals surface area contributed by atoms with Crippen LogP contribution in [0.1, 0.15) is 32.1 Å². The molecule has 0 aliphatic carbocycles. The van der Waals surface area contributed by atoms with Gasteiger partial charge < -0.3 is 0 Å². The Kier molecular flexibility index (Phi) is 7.13. The molecule has 0 aromatic heterocycles. The van der Waals surface area contributed by atoms with Gasteiger partial charge in [0.15, 0.2) is 0 Å². The molecule has 0 unspecified atom stereocenters. The van der Waals surface area contributed by atoms with Crippen molar-refractivity contribution in [2.45, 2.75) is 50.2 Å². The molecule has 0 amide bonds. The molecular weight excluding hydrogens is 259 g/mol. The van der Waals surface area contributed by atoms with Gasteiger partial charge in [-0.25, -0.2) is 0 Å². The van der Waals surface area contributed by atoms with Gasteiger partial charge in [-0.1, -0.05) is 46.9 Å². The molecule has 1 fully saturated rings. The Morgan fingerprint density at radius 1 is 1.21 bits per heavy atom. The summed E-state index contributed by atoms with van der Waals surface area (Å²) in [4.78, 5) is 0. The van der Waals surface area contributed by atoms with Gasteiger partial charge >= 0.3 is 0 Å². The second-order valence-corrected chi connectivity index (χ2v) is 8.81. The first-order chi connectivity index (χ1) is 6.86. The van der Waals surface area contributed by atoms with Gasteiger partial charge in [0.25, 0.3) is 0 Å². The second-order valence-electron chi connectivity index (χ2n) is 4.55. The van der Waals surface area contributed by atoms with Gasteiger partial charge in [-0.3, -0.25) is 4.39 Å². The third kappa shape index (κ3) is 4.92. The molecule has 0 spiro atoms. The van der Waals surface area contributed by atoms with Crippen molar-refractivity contribution < 1.29 is 4.39 Å². The van der Waals surface area contributed by atoms with Crippen LogP contribution in [0.25, 0.3) is 0 Å². The lowest BCUT2D eigenvalue weighted by Gasteiger charge is -2.27. The molecule has 0 aromatic carbocycles. The Hall–Kier alpha value is 0.627. The van der Waals surface area contributed by atoms with Gasteiger partial charge in [0.2, 0.25) is 0 Å². The molecule has 1 aliphatic heterocycles. The molecule has 1 aliphatic rings. The normalized spacial score (nSPS) is 27.9. The van der Waals surface area contributed by atoms with Gasteiger partial charge in [0.1, 0.15) is 0 Å². The van der Waals surface area contributed by atoms with E-state index in [1.807, 2.05) is 0 Å². The van der Waals surface area contributed by atoms with Gasteiger partial charge in [-0.15, -0.1) is 0 Å². The average molecular weight is 281 g/mol. The van der Waals surface area contributed by atoms with E-state index < -0.39 is 8.80 Å². The minimum Gasteiger partial charge on any atom is -0.251 e. The first kappa shape index (κ1) is 12.7. The summed E-state index contributed by atoms with van der Waals surface area (Å²) in [6.45, 7) is -0.0868. The molecule has 1 heterocycles. The Balaban J connectivity index is 2.05. The van der Waals surface area contributed by atoms with Crippen molar-refractivity contribution in [2.24, 2.45) is 5.92 Å². The maximum atomic E-state index is 12.0. The quantitative estimate of drug-likeness (QED) is 0.506. The molecule has 0 atom stereocenters. The third-order valence-electron chi connectivity index (χ3n) is 3.46. The number of hydrogen-bond donors (Lipinski definition) is 0. The molecule has 0 aromatic rings. The highest BCUT2D eigenvalue weighted by Gasteiger charge is 2.21. The zero-order valence-electron chi connectivity index (χ0n) is 8.98. The lowest BCUT2D eigenvalue weighted by atomic mass is 9.97. The van der Waals surface area contributed by atoms with Crippen molar-refractivity contribution in [3.05, 3.63) is 0 Å². The van der Waals surface area contributed by atoms with Crippen LogP contribution >= 0.6 is 15.9 Å². The van der Waals surface area contributed by atoms with E-state index in [1.54, 1.807) is 0 Å². The van der Waals surface area contributed by atoms with Gasteiger partial charge in [-0.05, 0) is 25.2 Å². The maximum absolute atomic E-state index is 12.0. The fourth-order valence-electron chi connectivity index (χ4n) is 2.54. The summed E-state index contributed by atoms with van der Waals surface area (Å²) in [5.74, 6) is 1.00. The monoisotopic (exact) mass is 280 g/mol. The lowest BCUT2D eigenvalue weighted by molar-refractivity contribution is 0.432. The summed E-state index contributed by atoms with van der Waals surface area (Å²) in [7, 11) is -0.468. The average Bonchev–Trinajstić information content (AvgIpc) is 2.25. The summed E-state index contributed by atoms with van der Waals surface area (Å²) in [6, 6.07) is 4.25. The molecule has 14 heavy (non-hydrogen) atoms. The van der Waals surface area contributed by atoms with Crippen LogP contribution in [-0.4, -0.2) is 20.8 Å². The van der Waals surface area contributed by atoms with Gasteiger partial charge in [0.05, 0.1) is 6.67 Å². The highest BCUT2D eigenvalue weighted by molar-refractivity contribution is 9.09. The van der Waals surface area contributed by atoms with Crippen molar-refractivity contribution in [3.63, 3.8) is 0 Å². The Labute approximate surface area is 97.4 Å². The molecule has 1 rings (SSSR count). The predicted molar refractivity (Wildman–Crippen MR) is 67.9 cm³/mol. The maximum Gasteiger partial charge on any atom is 0.0891 e. The molecular formula is C11H22BrFSi. The van der Waals surface area contributed by atoms with Crippen molar-refractivity contribution in [3.8, 4) is 0 Å². The van der Waals surface area contributed by atoms with Crippen LogP contribution in [0.4, 0.5) is 4.39 Å². The van der Waals surface area contributed by atoms with Crippen molar-refractivity contribution >= 4 is 24.7 Å². The molecule has 0 N–H and O–H groups in total. The number of alkyl halides is 2. The minimum atomic E-state index is -0.468. The first-order valence-corrected chi connectivity index (χ1v) is 9.55. The SMILES string of the molecule is FCCC[Si@H]1CC[C@H](CCCBr)CC1. The van der Waals surface area contributed by atoms with Crippen molar-refractivity contribution in [1.82, 2.24) is 0 Å². The molecule has 0 bridgehead atoms. The smallest absolute Gasteiger partial charge is 0.0891 e. The van der Waals surface area contributed by atoms with E-state index in [1.165, 1.54) is 43.8 Å². The number of rotatable bonds is 6. The van der Waals surface area contributed by atoms with Crippen LogP contribution in [-0.2, 0) is 0 Å². The van der Waals surface area contributed by atoms with E-state index >= 15 is 0 Å². The van der Waals surface area contributed by atoms with E-state index in [0.717, 1.165) is 17.7 Å². The number of halogens is 2. The largest absolute Gasteiger partial charge is 0.251 e. The van der Waals surface area contributed by atoms with Crippen LogP contribution in [0.15, 0.2) is 0 Å². The van der Waals surface area contributed by atoms with E-state index in [2.05, 4.69) is 15.9 Å². The van der Waals surface area contributed by atoms with Gasteiger partial charge in [0, 0.05) is 14.1 Å². The van der Waals surface area contributed by atoms with Crippen LogP contribution in [0.3, 0.4) is 0 Å². The lowest BCUT2D eigenvalue weighted by Crippen LogP contribution is -2.21. The fourth-order valence-corrected chi connectivity index (χ4v) is 6.35. The Morgan fingerprint density at radius 3 is 2.50 bits per heavy atom. The highest BCUT2D eigenvalue weighted by atomic mass is 79.9. The molecule has 1 saturated heterocycles. The van der Waals surface area contributed by atoms with Crippen molar-refractivity contribution in [1.29, 1.82) is 0 Å². The zero-order chi connectivity index (χ0) is 10.2. The predicted octanol–water partition coefficient (Wildman–Crippen LogP) is 4.16. The highest BCUT2D eigenvalue weighted by Crippen LogP contribution is 2.30.